The molecule has 1 N–H and O–H groups in total. The van der Waals surface area contributed by atoms with E-state index in [0.29, 0.717) is 0 Å². The van der Waals surface area contributed by atoms with E-state index >= 15 is 0 Å². The van der Waals surface area contributed by atoms with Gasteiger partial charge in [-0.3, -0.25) is 0 Å². The van der Waals surface area contributed by atoms with Gasteiger partial charge in [0.15, 0.2) is 0 Å². The summed E-state index contributed by atoms with van der Waals surface area (Å²) in [4.78, 5) is 10.5. The van der Waals surface area contributed by atoms with Gasteiger partial charge in [0, 0.05) is 83.4 Å². The van der Waals surface area contributed by atoms with E-state index < -0.39 is 5.97 Å². The fourth-order valence-corrected chi connectivity index (χ4v) is 2.99. The molecule has 24 heavy (non-hydrogen) atoms. The maximum atomic E-state index is 10.5. The van der Waals surface area contributed by atoms with Crippen LogP contribution in [0.2, 0.25) is 0 Å². The first kappa shape index (κ1) is 30.5. The molecule has 0 unspecified atom stereocenters. The van der Waals surface area contributed by atoms with Crippen LogP contribution in [0.1, 0.15) is 92.4 Å². The van der Waals surface area contributed by atoms with Crippen LogP contribution in [-0.4, -0.2) is 11.1 Å². The maximum Gasteiger partial charge on any atom is 0.328 e. The summed E-state index contributed by atoms with van der Waals surface area (Å²) < 4.78 is 0. The van der Waals surface area contributed by atoms with Crippen molar-refractivity contribution >= 4 is 5.97 Å². The monoisotopic (exact) mass is 589 g/mol. The first-order valence-corrected chi connectivity index (χ1v) is 9.21. The van der Waals surface area contributed by atoms with E-state index in [4.69, 9.17) is 5.11 Å². The van der Waals surface area contributed by atoms with E-state index in [-0.39, 0.29) is 77.3 Å². The van der Waals surface area contributed by atoms with Gasteiger partial charge in [0.05, 0.1) is 0 Å². The number of carboxylic acids is 1. The second-order valence-electron chi connectivity index (χ2n) is 7.69. The van der Waals surface area contributed by atoms with Gasteiger partial charge in [0.25, 0.3) is 0 Å². The van der Waals surface area contributed by atoms with Crippen LogP contribution in [-0.2, 0) is 4.79 Å². The molecule has 0 saturated heterocycles. The van der Waals surface area contributed by atoms with Gasteiger partial charge >= 0.3 is 5.97 Å². The van der Waals surface area contributed by atoms with E-state index in [1.54, 1.807) is 0 Å². The average Bonchev–Trinajstić information content (AvgIpc) is 2.37. The molecule has 0 aromatic carbocycles. The summed E-state index contributed by atoms with van der Waals surface area (Å²) in [5, 5.41) is 8.68. The summed E-state index contributed by atoms with van der Waals surface area (Å²) in [5.74, 6) is 1.65. The molecule has 0 amide bonds. The Bertz CT molecular complexity index is 330. The van der Waals surface area contributed by atoms with Crippen LogP contribution in [0.4, 0.5) is 0 Å². The van der Waals surface area contributed by atoms with Crippen LogP contribution >= 0.6 is 0 Å². The zero-order valence-corrected chi connectivity index (χ0v) is 23.4. The molecule has 0 aliphatic carbocycles. The van der Waals surface area contributed by atoms with Crippen molar-refractivity contribution in [3.05, 3.63) is 11.6 Å². The normalized spacial score (nSPS) is 13.8. The fraction of sp³-hybridized carbons (Fsp3) is 0.850. The number of hydrogen-bond donors (Lipinski definition) is 1. The Morgan fingerprint density at radius 3 is 1.71 bits per heavy atom. The van der Waals surface area contributed by atoms with Crippen LogP contribution in [0, 0.1) is 95.1 Å². The molecule has 137 valence electrons. The second-order valence-corrected chi connectivity index (χ2v) is 7.69. The van der Waals surface area contributed by atoms with Crippen molar-refractivity contribution in [3.63, 3.8) is 0 Å². The van der Waals surface area contributed by atoms with Gasteiger partial charge in [-0.1, -0.05) is 78.2 Å². The second kappa shape index (κ2) is 19.5. The Morgan fingerprint density at radius 2 is 1.29 bits per heavy atom. The standard InChI is InChI=1S/C20H38O2.Ce.La/c1-16(2)9-6-10-17(3)11-7-12-18(4)13-8-14-19(5)15-20(21)22;;/h15-18H,6-14H2,1-5H3,(H,21,22);;/b19-15+;;/t17-,18-;;/m1../s1. The Morgan fingerprint density at radius 1 is 0.875 bits per heavy atom. The topological polar surface area (TPSA) is 37.3 Å². The predicted octanol–water partition coefficient (Wildman–Crippen LogP) is 6.46. The largest absolute Gasteiger partial charge is 0.478 e. The number of allylic oxidation sites excluding steroid dienone is 1. The summed E-state index contributed by atoms with van der Waals surface area (Å²) in [6.07, 6.45) is 12.7. The molecule has 2 nitrogen and oxygen atoms in total. The third kappa shape index (κ3) is 21.8. The molecule has 0 aliphatic rings. The average molecular weight is 590 g/mol. The van der Waals surface area contributed by atoms with Crippen molar-refractivity contribution in [3.8, 4) is 0 Å². The molecule has 0 fully saturated rings. The molecule has 0 rings (SSSR count). The zero-order valence-electron chi connectivity index (χ0n) is 16.6. The minimum atomic E-state index is -0.822. The van der Waals surface area contributed by atoms with E-state index in [1.807, 2.05) is 6.92 Å². The number of carbonyl (C=O) groups is 1. The van der Waals surface area contributed by atoms with Crippen LogP contribution in [0.3, 0.4) is 0 Å². The Labute approximate surface area is 212 Å². The molecule has 0 heterocycles. The van der Waals surface area contributed by atoms with Crippen LogP contribution in [0.15, 0.2) is 11.6 Å². The molecule has 0 spiro atoms. The Hall–Kier alpha value is 1.78. The Balaban J connectivity index is -0.00000220. The number of aliphatic carboxylic acids is 1. The molecular weight excluding hydrogens is 551 g/mol. The predicted molar refractivity (Wildman–Crippen MR) is 96.1 cm³/mol. The summed E-state index contributed by atoms with van der Waals surface area (Å²) in [6, 6.07) is 0. The van der Waals surface area contributed by atoms with Crippen molar-refractivity contribution in [1.82, 2.24) is 0 Å². The van der Waals surface area contributed by atoms with Crippen molar-refractivity contribution in [2.24, 2.45) is 17.8 Å². The summed E-state index contributed by atoms with van der Waals surface area (Å²) in [6.45, 7) is 11.3. The molecule has 0 aromatic rings. The quantitative estimate of drug-likeness (QED) is 0.251. The number of hydrogen-bond acceptors (Lipinski definition) is 1. The van der Waals surface area contributed by atoms with Gasteiger partial charge in [-0.2, -0.15) is 0 Å². The van der Waals surface area contributed by atoms with Gasteiger partial charge in [-0.15, -0.1) is 0 Å². The van der Waals surface area contributed by atoms with E-state index in [1.165, 1.54) is 51.0 Å². The molecule has 0 bridgehead atoms. The number of carboxylic acid groups (broad SMARTS) is 1. The Kier molecular flexibility index (Phi) is 24.8. The van der Waals surface area contributed by atoms with Crippen molar-refractivity contribution in [2.45, 2.75) is 92.4 Å². The van der Waals surface area contributed by atoms with Gasteiger partial charge in [-0.05, 0) is 37.5 Å². The number of rotatable bonds is 13. The third-order valence-electron chi connectivity index (χ3n) is 4.51. The van der Waals surface area contributed by atoms with Crippen LogP contribution in [0.25, 0.3) is 0 Å². The molecular formula is C20H38CeLaO2. The smallest absolute Gasteiger partial charge is 0.328 e. The molecule has 0 aliphatic heterocycles. The van der Waals surface area contributed by atoms with Gasteiger partial charge in [0.2, 0.25) is 0 Å². The van der Waals surface area contributed by atoms with Crippen LogP contribution in [0.5, 0.6) is 0 Å². The summed E-state index contributed by atoms with van der Waals surface area (Å²) in [5.41, 5.74) is 0.985. The molecule has 0 saturated carbocycles. The fourth-order valence-electron chi connectivity index (χ4n) is 2.99. The summed E-state index contributed by atoms with van der Waals surface area (Å²) >= 11 is 0. The first-order chi connectivity index (χ1) is 10.3. The minimum Gasteiger partial charge on any atom is -0.478 e. The van der Waals surface area contributed by atoms with Gasteiger partial charge in [-0.25, -0.2) is 4.79 Å². The van der Waals surface area contributed by atoms with E-state index in [2.05, 4.69) is 27.7 Å². The summed E-state index contributed by atoms with van der Waals surface area (Å²) in [7, 11) is 0. The molecule has 4 heteroatoms. The maximum absolute atomic E-state index is 10.5. The molecule has 1 radical (unpaired) electrons. The zero-order chi connectivity index (χ0) is 17.0. The van der Waals surface area contributed by atoms with Gasteiger partial charge in [0.1, 0.15) is 0 Å². The van der Waals surface area contributed by atoms with Crippen molar-refractivity contribution < 1.29 is 87.2 Å². The third-order valence-corrected chi connectivity index (χ3v) is 4.51. The SMILES string of the molecule is C/C(=C\C(=O)O)CCC[C@H](C)CCC[C@H](C)CCCC(C)C.[Ce].[La]. The minimum absolute atomic E-state index is 0. The van der Waals surface area contributed by atoms with Gasteiger partial charge < -0.3 is 5.11 Å². The molecule has 0 aromatic heterocycles. The van der Waals surface area contributed by atoms with E-state index in [0.717, 1.165) is 36.2 Å². The van der Waals surface area contributed by atoms with E-state index in [9.17, 15) is 4.79 Å². The van der Waals surface area contributed by atoms with Crippen molar-refractivity contribution in [2.75, 3.05) is 0 Å². The van der Waals surface area contributed by atoms with Crippen LogP contribution < -0.4 is 0 Å². The molecule has 2 atom stereocenters. The van der Waals surface area contributed by atoms with Crippen molar-refractivity contribution in [1.29, 1.82) is 0 Å². The first-order valence-electron chi connectivity index (χ1n) is 9.21.